The van der Waals surface area contributed by atoms with Gasteiger partial charge in [0.05, 0.1) is 13.2 Å². The van der Waals surface area contributed by atoms with Crippen LogP contribution in [0.4, 0.5) is 0 Å². The molecule has 2 aromatic carbocycles. The summed E-state index contributed by atoms with van der Waals surface area (Å²) in [6, 6.07) is 11.0. The Labute approximate surface area is 110 Å². The van der Waals surface area contributed by atoms with Crippen LogP contribution in [0.5, 0.6) is 0 Å². The van der Waals surface area contributed by atoms with Crippen molar-refractivity contribution in [2.45, 2.75) is 0 Å². The first-order valence-electron chi connectivity index (χ1n) is 6.11. The standard InChI is InChI=1S/C15H13NO3/c1-19-9-8-16-14(17)11-6-2-4-10-5-3-7-12(13(10)11)15(16)18/h2-7H,8-9H2,1H3. The maximum atomic E-state index is 12.4. The molecule has 0 spiro atoms. The zero-order valence-electron chi connectivity index (χ0n) is 10.6. The largest absolute Gasteiger partial charge is 0.383 e. The monoisotopic (exact) mass is 255 g/mol. The molecule has 19 heavy (non-hydrogen) atoms. The van der Waals surface area contributed by atoms with Crippen LogP contribution in [0.25, 0.3) is 10.8 Å². The quantitative estimate of drug-likeness (QED) is 0.789. The summed E-state index contributed by atoms with van der Waals surface area (Å²) in [6.45, 7) is 0.620. The molecule has 4 heteroatoms. The zero-order chi connectivity index (χ0) is 13.4. The predicted molar refractivity (Wildman–Crippen MR) is 71.2 cm³/mol. The van der Waals surface area contributed by atoms with E-state index >= 15 is 0 Å². The van der Waals surface area contributed by atoms with Crippen molar-refractivity contribution >= 4 is 22.6 Å². The van der Waals surface area contributed by atoms with Gasteiger partial charge >= 0.3 is 0 Å². The zero-order valence-corrected chi connectivity index (χ0v) is 10.6. The van der Waals surface area contributed by atoms with Crippen LogP contribution < -0.4 is 0 Å². The van der Waals surface area contributed by atoms with Crippen molar-refractivity contribution in [2.75, 3.05) is 20.3 Å². The van der Waals surface area contributed by atoms with Crippen LogP contribution in [-0.4, -0.2) is 37.0 Å². The summed E-state index contributed by atoms with van der Waals surface area (Å²) in [6.07, 6.45) is 0. The van der Waals surface area contributed by atoms with Crippen molar-refractivity contribution in [1.82, 2.24) is 4.90 Å². The second kappa shape index (κ2) is 4.48. The maximum Gasteiger partial charge on any atom is 0.261 e. The molecule has 0 atom stereocenters. The number of hydrogen-bond acceptors (Lipinski definition) is 3. The van der Waals surface area contributed by atoms with Crippen LogP contribution in [0.2, 0.25) is 0 Å². The third-order valence-electron chi connectivity index (χ3n) is 3.37. The van der Waals surface area contributed by atoms with E-state index in [2.05, 4.69) is 0 Å². The van der Waals surface area contributed by atoms with Gasteiger partial charge in [0.25, 0.3) is 11.8 Å². The minimum atomic E-state index is -0.244. The molecule has 2 amide bonds. The molecule has 0 fully saturated rings. The number of carbonyl (C=O) groups excluding carboxylic acids is 2. The highest BCUT2D eigenvalue weighted by Gasteiger charge is 2.31. The number of imide groups is 1. The topological polar surface area (TPSA) is 46.6 Å². The van der Waals surface area contributed by atoms with Crippen molar-refractivity contribution in [3.63, 3.8) is 0 Å². The second-order valence-electron chi connectivity index (χ2n) is 4.46. The van der Waals surface area contributed by atoms with E-state index in [-0.39, 0.29) is 18.4 Å². The lowest BCUT2D eigenvalue weighted by Gasteiger charge is -2.26. The average Bonchev–Trinajstić information content (AvgIpc) is 2.44. The van der Waals surface area contributed by atoms with Gasteiger partial charge in [0.1, 0.15) is 0 Å². The van der Waals surface area contributed by atoms with E-state index in [0.717, 1.165) is 10.8 Å². The van der Waals surface area contributed by atoms with Gasteiger partial charge in [-0.25, -0.2) is 0 Å². The smallest absolute Gasteiger partial charge is 0.261 e. The van der Waals surface area contributed by atoms with Gasteiger partial charge in [0.15, 0.2) is 0 Å². The van der Waals surface area contributed by atoms with Gasteiger partial charge in [0.2, 0.25) is 0 Å². The number of rotatable bonds is 3. The van der Waals surface area contributed by atoms with Crippen LogP contribution >= 0.6 is 0 Å². The maximum absolute atomic E-state index is 12.4. The Morgan fingerprint density at radius 1 is 1.00 bits per heavy atom. The number of amides is 2. The molecule has 1 aliphatic heterocycles. The van der Waals surface area contributed by atoms with E-state index in [1.807, 2.05) is 24.3 Å². The number of hydrogen-bond donors (Lipinski definition) is 0. The van der Waals surface area contributed by atoms with Gasteiger partial charge in [-0.3, -0.25) is 14.5 Å². The molecule has 4 nitrogen and oxygen atoms in total. The highest BCUT2D eigenvalue weighted by atomic mass is 16.5. The van der Waals surface area contributed by atoms with Gasteiger partial charge in [-0.1, -0.05) is 24.3 Å². The van der Waals surface area contributed by atoms with E-state index in [0.29, 0.717) is 17.7 Å². The summed E-state index contributed by atoms with van der Waals surface area (Å²) in [7, 11) is 1.55. The summed E-state index contributed by atoms with van der Waals surface area (Å²) in [4.78, 5) is 26.0. The Hall–Kier alpha value is -2.20. The average molecular weight is 255 g/mol. The fourth-order valence-electron chi connectivity index (χ4n) is 2.47. The molecule has 0 saturated heterocycles. The molecular formula is C15H13NO3. The lowest BCUT2D eigenvalue weighted by molar-refractivity contribution is 0.0560. The van der Waals surface area contributed by atoms with E-state index in [9.17, 15) is 9.59 Å². The van der Waals surface area contributed by atoms with Crippen LogP contribution in [0.1, 0.15) is 20.7 Å². The van der Waals surface area contributed by atoms with Crippen LogP contribution in [0.15, 0.2) is 36.4 Å². The summed E-state index contributed by atoms with van der Waals surface area (Å²) in [5.74, 6) is -0.488. The molecule has 2 aromatic rings. The first-order chi connectivity index (χ1) is 9.24. The fraction of sp³-hybridized carbons (Fsp3) is 0.200. The molecule has 0 N–H and O–H groups in total. The van der Waals surface area contributed by atoms with Crippen LogP contribution in [-0.2, 0) is 4.74 Å². The fourth-order valence-corrected chi connectivity index (χ4v) is 2.47. The van der Waals surface area contributed by atoms with Crippen molar-refractivity contribution in [3.8, 4) is 0 Å². The van der Waals surface area contributed by atoms with Crippen molar-refractivity contribution in [2.24, 2.45) is 0 Å². The number of benzene rings is 2. The molecule has 3 rings (SSSR count). The molecule has 0 radical (unpaired) electrons. The van der Waals surface area contributed by atoms with E-state index in [1.54, 1.807) is 19.2 Å². The third-order valence-corrected chi connectivity index (χ3v) is 3.37. The molecule has 0 saturated carbocycles. The highest BCUT2D eigenvalue weighted by Crippen LogP contribution is 2.29. The van der Waals surface area contributed by atoms with Gasteiger partial charge in [-0.05, 0) is 17.5 Å². The number of nitrogens with zero attached hydrogens (tertiary/aromatic N) is 1. The van der Waals surface area contributed by atoms with Crippen molar-refractivity contribution in [1.29, 1.82) is 0 Å². The molecule has 1 heterocycles. The summed E-state index contributed by atoms with van der Waals surface area (Å²) < 4.78 is 4.96. The lowest BCUT2D eigenvalue weighted by atomic mass is 9.94. The second-order valence-corrected chi connectivity index (χ2v) is 4.46. The first-order valence-corrected chi connectivity index (χ1v) is 6.11. The molecule has 96 valence electrons. The van der Waals surface area contributed by atoms with Gasteiger partial charge in [0, 0.05) is 23.6 Å². The Morgan fingerprint density at radius 2 is 1.58 bits per heavy atom. The summed E-state index contributed by atoms with van der Waals surface area (Å²) in [5.41, 5.74) is 1.17. The van der Waals surface area contributed by atoms with E-state index in [4.69, 9.17) is 4.74 Å². The predicted octanol–water partition coefficient (Wildman–Crippen LogP) is 2.08. The molecule has 0 aliphatic carbocycles. The Bertz CT molecular complexity index is 627. The molecular weight excluding hydrogens is 242 g/mol. The highest BCUT2D eigenvalue weighted by molar-refractivity contribution is 6.25. The van der Waals surface area contributed by atoms with E-state index in [1.165, 1.54) is 4.90 Å². The molecule has 1 aliphatic rings. The Kier molecular flexibility index (Phi) is 2.80. The van der Waals surface area contributed by atoms with E-state index < -0.39 is 0 Å². The first kappa shape index (κ1) is 11.9. The summed E-state index contributed by atoms with van der Waals surface area (Å²) in [5, 5.41) is 1.68. The van der Waals surface area contributed by atoms with Crippen molar-refractivity contribution < 1.29 is 14.3 Å². The summed E-state index contributed by atoms with van der Waals surface area (Å²) >= 11 is 0. The number of ether oxygens (including phenoxy) is 1. The normalized spacial score (nSPS) is 14.3. The van der Waals surface area contributed by atoms with Gasteiger partial charge in [-0.2, -0.15) is 0 Å². The Morgan fingerprint density at radius 3 is 2.11 bits per heavy atom. The SMILES string of the molecule is COCCN1C(=O)c2cccc3cccc(c23)C1=O. The number of methoxy groups -OCH3 is 1. The minimum absolute atomic E-state index is 0.244. The molecule has 0 unspecified atom stereocenters. The van der Waals surface area contributed by atoms with Crippen LogP contribution in [0.3, 0.4) is 0 Å². The van der Waals surface area contributed by atoms with Crippen molar-refractivity contribution in [3.05, 3.63) is 47.5 Å². The van der Waals surface area contributed by atoms with Crippen LogP contribution in [0, 0.1) is 0 Å². The number of carbonyl (C=O) groups is 2. The Balaban J connectivity index is 2.19. The van der Waals surface area contributed by atoms with Gasteiger partial charge < -0.3 is 4.74 Å². The molecule has 0 bridgehead atoms. The molecule has 0 aromatic heterocycles. The van der Waals surface area contributed by atoms with Gasteiger partial charge in [-0.15, -0.1) is 0 Å². The minimum Gasteiger partial charge on any atom is -0.383 e. The lowest BCUT2D eigenvalue weighted by Crippen LogP contribution is -2.42. The third kappa shape index (κ3) is 1.72.